The number of ether oxygens (including phenoxy) is 6. The molecule has 4 unspecified atom stereocenters. The second kappa shape index (κ2) is 13.8. The summed E-state index contributed by atoms with van der Waals surface area (Å²) < 4.78 is 32.7. The van der Waals surface area contributed by atoms with Gasteiger partial charge in [-0.05, 0) is 47.5 Å². The van der Waals surface area contributed by atoms with Gasteiger partial charge in [0.05, 0.1) is 41.7 Å². The first-order valence-corrected chi connectivity index (χ1v) is 12.0. The van der Waals surface area contributed by atoms with Crippen molar-refractivity contribution in [2.45, 2.75) is 24.4 Å². The summed E-state index contributed by atoms with van der Waals surface area (Å²) in [4.78, 5) is 0. The Labute approximate surface area is 226 Å². The van der Waals surface area contributed by atoms with Crippen LogP contribution < -0.4 is 28.4 Å². The van der Waals surface area contributed by atoms with Crippen molar-refractivity contribution in [3.8, 4) is 40.2 Å². The average molecular weight is 547 g/mol. The first kappa shape index (κ1) is 29.7. The lowest BCUT2D eigenvalue weighted by Gasteiger charge is -2.26. The maximum atomic E-state index is 11.0. The highest BCUT2D eigenvalue weighted by molar-refractivity contribution is 5.53. The van der Waals surface area contributed by atoms with Gasteiger partial charge < -0.3 is 54.0 Å². The second-order valence-corrected chi connectivity index (χ2v) is 8.40. The molecule has 0 radical (unpaired) electrons. The van der Waals surface area contributed by atoms with Gasteiger partial charge in [-0.1, -0.05) is 18.2 Å². The molecule has 11 nitrogen and oxygen atoms in total. The van der Waals surface area contributed by atoms with Gasteiger partial charge in [0.1, 0.15) is 12.2 Å². The predicted molar refractivity (Wildman–Crippen MR) is 140 cm³/mol. The molecule has 4 atom stereocenters. The summed E-state index contributed by atoms with van der Waals surface area (Å²) in [5.41, 5.74) is 0.632. The molecule has 3 aromatic rings. The van der Waals surface area contributed by atoms with Crippen LogP contribution >= 0.6 is 0 Å². The Hall–Kier alpha value is -3.90. The molecule has 5 N–H and O–H groups in total. The minimum atomic E-state index is -1.35. The van der Waals surface area contributed by atoms with Crippen molar-refractivity contribution in [3.63, 3.8) is 0 Å². The monoisotopic (exact) mass is 546 g/mol. The Morgan fingerprint density at radius 1 is 0.564 bits per heavy atom. The van der Waals surface area contributed by atoms with Crippen molar-refractivity contribution in [1.82, 2.24) is 0 Å². The fourth-order valence-electron chi connectivity index (χ4n) is 3.92. The van der Waals surface area contributed by atoms with E-state index in [1.165, 1.54) is 52.7 Å². The van der Waals surface area contributed by atoms with E-state index in [0.717, 1.165) is 0 Å². The van der Waals surface area contributed by atoms with E-state index in [-0.39, 0.29) is 34.3 Å². The van der Waals surface area contributed by atoms with Crippen LogP contribution in [-0.2, 0) is 0 Å². The summed E-state index contributed by atoms with van der Waals surface area (Å²) in [5.74, 6) is 1.09. The molecule has 0 heterocycles. The van der Waals surface area contributed by atoms with Gasteiger partial charge in [0.25, 0.3) is 0 Å². The summed E-state index contributed by atoms with van der Waals surface area (Å²) in [7, 11) is 5.59. The second-order valence-electron chi connectivity index (χ2n) is 8.40. The van der Waals surface area contributed by atoms with Crippen molar-refractivity contribution in [3.05, 3.63) is 65.7 Å². The SMILES string of the molecule is COc1ccccc1OC(CO)C(O)c1ccc(OC(CO)C(O)c2cc(OC)c(O)c(OC)c2)c(OC)c1. The first-order valence-electron chi connectivity index (χ1n) is 12.0. The Morgan fingerprint density at radius 3 is 1.49 bits per heavy atom. The topological polar surface area (TPSA) is 157 Å². The van der Waals surface area contributed by atoms with Crippen LogP contribution in [0.25, 0.3) is 0 Å². The van der Waals surface area contributed by atoms with Crippen LogP contribution in [0.2, 0.25) is 0 Å². The molecule has 0 saturated heterocycles. The van der Waals surface area contributed by atoms with E-state index in [4.69, 9.17) is 28.4 Å². The minimum Gasteiger partial charge on any atom is -0.502 e. The molecule has 3 rings (SSSR count). The van der Waals surface area contributed by atoms with Crippen LogP contribution in [0.1, 0.15) is 23.3 Å². The van der Waals surface area contributed by atoms with Crippen LogP contribution in [0.3, 0.4) is 0 Å². The highest BCUT2D eigenvalue weighted by atomic mass is 16.5. The lowest BCUT2D eigenvalue weighted by molar-refractivity contribution is -0.00272. The van der Waals surface area contributed by atoms with Gasteiger partial charge >= 0.3 is 0 Å². The van der Waals surface area contributed by atoms with Crippen LogP contribution in [-0.4, -0.2) is 79.4 Å². The van der Waals surface area contributed by atoms with E-state index in [9.17, 15) is 25.5 Å². The largest absolute Gasteiger partial charge is 0.502 e. The van der Waals surface area contributed by atoms with Crippen molar-refractivity contribution in [2.75, 3.05) is 41.7 Å². The van der Waals surface area contributed by atoms with Gasteiger partial charge in [0.15, 0.2) is 46.7 Å². The fourth-order valence-corrected chi connectivity index (χ4v) is 3.92. The maximum Gasteiger partial charge on any atom is 0.200 e. The predicted octanol–water partition coefficient (Wildman–Crippen LogP) is 2.37. The molecular weight excluding hydrogens is 512 g/mol. The molecule has 0 aliphatic heterocycles. The summed E-state index contributed by atoms with van der Waals surface area (Å²) in [6.45, 7) is -1.06. The van der Waals surface area contributed by atoms with Gasteiger partial charge in [0, 0.05) is 0 Å². The Kier molecular flexibility index (Phi) is 10.5. The number of benzene rings is 3. The van der Waals surface area contributed by atoms with Crippen molar-refractivity contribution < 1.29 is 54.0 Å². The molecule has 0 aliphatic carbocycles. The molecule has 0 aromatic heterocycles. The zero-order chi connectivity index (χ0) is 28.5. The number of phenolic OH excluding ortho intramolecular Hbond substituents is 1. The number of rotatable bonds is 14. The van der Waals surface area contributed by atoms with Gasteiger partial charge in [-0.2, -0.15) is 0 Å². The molecule has 0 amide bonds. The number of phenols is 1. The van der Waals surface area contributed by atoms with E-state index < -0.39 is 37.6 Å². The molecule has 0 fully saturated rings. The molecule has 11 heteroatoms. The van der Waals surface area contributed by atoms with Crippen LogP contribution in [0.4, 0.5) is 0 Å². The van der Waals surface area contributed by atoms with Gasteiger partial charge in [-0.15, -0.1) is 0 Å². The normalized spacial score (nSPS) is 14.1. The van der Waals surface area contributed by atoms with E-state index >= 15 is 0 Å². The molecule has 0 spiro atoms. The third-order valence-electron chi connectivity index (χ3n) is 6.06. The zero-order valence-electron chi connectivity index (χ0n) is 22.1. The number of hydrogen-bond donors (Lipinski definition) is 5. The first-order chi connectivity index (χ1) is 18.8. The van der Waals surface area contributed by atoms with E-state index in [0.29, 0.717) is 17.1 Å². The Bertz CT molecular complexity index is 1190. The Morgan fingerprint density at radius 2 is 1.00 bits per heavy atom. The van der Waals surface area contributed by atoms with Crippen LogP contribution in [0, 0.1) is 0 Å². The number of hydrogen-bond acceptors (Lipinski definition) is 11. The van der Waals surface area contributed by atoms with Gasteiger partial charge in [0.2, 0.25) is 5.75 Å². The van der Waals surface area contributed by atoms with Gasteiger partial charge in [-0.25, -0.2) is 0 Å². The van der Waals surface area contributed by atoms with E-state index in [1.54, 1.807) is 30.3 Å². The molecule has 0 saturated carbocycles. The van der Waals surface area contributed by atoms with Gasteiger partial charge in [-0.3, -0.25) is 0 Å². The molecular formula is C28H34O11. The fraction of sp³-hybridized carbons (Fsp3) is 0.357. The third-order valence-corrected chi connectivity index (χ3v) is 6.06. The summed E-state index contributed by atoms with van der Waals surface area (Å²) in [6.07, 6.45) is -4.77. The van der Waals surface area contributed by atoms with Crippen LogP contribution in [0.5, 0.6) is 40.2 Å². The quantitative estimate of drug-likeness (QED) is 0.202. The summed E-state index contributed by atoms with van der Waals surface area (Å²) in [5, 5.41) is 52.0. The van der Waals surface area contributed by atoms with Crippen LogP contribution in [0.15, 0.2) is 54.6 Å². The summed E-state index contributed by atoms with van der Waals surface area (Å²) >= 11 is 0. The minimum absolute atomic E-state index is 0.0739. The summed E-state index contributed by atoms with van der Waals surface area (Å²) in [6, 6.07) is 14.2. The molecule has 39 heavy (non-hydrogen) atoms. The number of methoxy groups -OCH3 is 4. The zero-order valence-corrected chi connectivity index (χ0v) is 22.1. The van der Waals surface area contributed by atoms with E-state index in [2.05, 4.69) is 0 Å². The smallest absolute Gasteiger partial charge is 0.200 e. The average Bonchev–Trinajstić information content (AvgIpc) is 2.98. The number of aliphatic hydroxyl groups excluding tert-OH is 4. The highest BCUT2D eigenvalue weighted by Crippen LogP contribution is 2.40. The molecule has 212 valence electrons. The Balaban J connectivity index is 1.83. The number of para-hydroxylation sites is 2. The highest BCUT2D eigenvalue weighted by Gasteiger charge is 2.28. The lowest BCUT2D eigenvalue weighted by Crippen LogP contribution is -2.30. The van der Waals surface area contributed by atoms with Crippen molar-refractivity contribution in [1.29, 1.82) is 0 Å². The number of aliphatic hydroxyl groups is 4. The molecule has 0 aliphatic rings. The number of aromatic hydroxyl groups is 1. The maximum absolute atomic E-state index is 11.0. The molecule has 0 bridgehead atoms. The lowest BCUT2D eigenvalue weighted by atomic mass is 10.0. The van der Waals surface area contributed by atoms with Crippen molar-refractivity contribution >= 4 is 0 Å². The standard InChI is InChI=1S/C28H34O11/c1-34-18-7-5-6-8-19(18)38-24(14-29)26(31)16-9-10-20(21(11-16)35-2)39-25(15-30)27(32)17-12-22(36-3)28(33)23(13-17)37-4/h5-13,24-27,29-33H,14-15H2,1-4H3. The molecule has 3 aromatic carbocycles. The van der Waals surface area contributed by atoms with E-state index in [1.807, 2.05) is 0 Å². The van der Waals surface area contributed by atoms with Crippen molar-refractivity contribution in [2.24, 2.45) is 0 Å². The third kappa shape index (κ3) is 6.76.